The first-order chi connectivity index (χ1) is 16.0. The van der Waals surface area contributed by atoms with E-state index in [4.69, 9.17) is 21.3 Å². The van der Waals surface area contributed by atoms with Crippen molar-refractivity contribution in [2.75, 3.05) is 6.54 Å². The highest BCUT2D eigenvalue weighted by molar-refractivity contribution is 5.70. The summed E-state index contributed by atoms with van der Waals surface area (Å²) in [4.78, 5) is 8.07. The zero-order valence-electron chi connectivity index (χ0n) is 21.2. The Bertz CT molecular complexity index is 1240. The lowest BCUT2D eigenvalue weighted by Crippen LogP contribution is -2.19. The van der Waals surface area contributed by atoms with E-state index in [0.29, 0.717) is 28.4 Å². The van der Waals surface area contributed by atoms with Crippen LogP contribution in [0.2, 0.25) is 0 Å². The van der Waals surface area contributed by atoms with Gasteiger partial charge in [0.1, 0.15) is 5.75 Å². The molecule has 1 heterocycles. The van der Waals surface area contributed by atoms with E-state index in [1.165, 1.54) is 6.92 Å². The first kappa shape index (κ1) is 15.6. The molecule has 0 amide bonds. The van der Waals surface area contributed by atoms with E-state index in [0.717, 1.165) is 11.1 Å². The average molecular weight is 407 g/mol. The van der Waals surface area contributed by atoms with Gasteiger partial charge in [0.25, 0.3) is 5.89 Å². The fourth-order valence-corrected chi connectivity index (χ4v) is 3.52. The summed E-state index contributed by atoms with van der Waals surface area (Å²) in [6.45, 7) is 12.7. The Hall–Kier alpha value is -3.17. The van der Waals surface area contributed by atoms with Crippen molar-refractivity contribution >= 4 is 5.69 Å². The fourth-order valence-electron chi connectivity index (χ4n) is 3.52. The molecule has 1 N–H and O–H groups in total. The third-order valence-corrected chi connectivity index (χ3v) is 4.85. The van der Waals surface area contributed by atoms with Crippen LogP contribution in [0.1, 0.15) is 56.2 Å². The summed E-state index contributed by atoms with van der Waals surface area (Å²) >= 11 is 0. The molecule has 0 spiro atoms. The summed E-state index contributed by atoms with van der Waals surface area (Å²) in [6.07, 6.45) is -2.96. The number of hydrogen-bond acceptors (Lipinski definition) is 5. The molecule has 0 radical (unpaired) electrons. The lowest BCUT2D eigenvalue weighted by molar-refractivity contribution is 0.244. The third-order valence-electron chi connectivity index (χ3n) is 4.85. The van der Waals surface area contributed by atoms with Gasteiger partial charge in [-0.2, -0.15) is 4.98 Å². The highest BCUT2D eigenvalue weighted by atomic mass is 16.5. The molecule has 1 aliphatic carbocycles. The van der Waals surface area contributed by atoms with Gasteiger partial charge in [-0.05, 0) is 68.9 Å². The van der Waals surface area contributed by atoms with Crippen molar-refractivity contribution in [1.29, 1.82) is 0 Å². The van der Waals surface area contributed by atoms with Crippen molar-refractivity contribution < 1.29 is 14.7 Å². The second kappa shape index (κ2) is 8.68. The van der Waals surface area contributed by atoms with Crippen LogP contribution in [0, 0.1) is 6.57 Å². The molecule has 30 heavy (non-hydrogen) atoms. The Kier molecular flexibility index (Phi) is 4.53. The summed E-state index contributed by atoms with van der Waals surface area (Å²) in [6, 6.07) is 9.97. The molecule has 0 fully saturated rings. The van der Waals surface area contributed by atoms with Gasteiger partial charge in [0.15, 0.2) is 0 Å². The highest BCUT2D eigenvalue weighted by Crippen LogP contribution is 2.38. The predicted molar refractivity (Wildman–Crippen MR) is 117 cm³/mol. The van der Waals surface area contributed by atoms with Crippen LogP contribution < -0.4 is 10.1 Å². The smallest absolute Gasteiger partial charge is 0.256 e. The minimum atomic E-state index is -1.59. The van der Waals surface area contributed by atoms with Crippen LogP contribution in [0.5, 0.6) is 5.75 Å². The van der Waals surface area contributed by atoms with Gasteiger partial charge in [0.05, 0.1) is 12.7 Å². The van der Waals surface area contributed by atoms with E-state index in [-0.39, 0.29) is 25.0 Å². The number of nitrogens with one attached hydrogen (secondary N) is 1. The van der Waals surface area contributed by atoms with E-state index >= 15 is 0 Å². The molecule has 2 aromatic carbocycles. The minimum Gasteiger partial charge on any atom is -0.502 e. The van der Waals surface area contributed by atoms with Gasteiger partial charge < -0.3 is 14.6 Å². The molecule has 1 aliphatic rings. The van der Waals surface area contributed by atoms with Crippen LogP contribution >= 0.6 is 0 Å². The summed E-state index contributed by atoms with van der Waals surface area (Å²) in [7, 11) is 0. The van der Waals surface area contributed by atoms with Gasteiger partial charge in [-0.3, -0.25) is 0 Å². The Balaban J connectivity index is 1.66. The first-order valence-electron chi connectivity index (χ1n) is 11.9. The zero-order valence-corrected chi connectivity index (χ0v) is 17.2. The van der Waals surface area contributed by atoms with Crippen LogP contribution in [-0.4, -0.2) is 22.8 Å². The third kappa shape index (κ3) is 3.94. The first-order valence-corrected chi connectivity index (χ1v) is 9.86. The van der Waals surface area contributed by atoms with Gasteiger partial charge in [-0.25, -0.2) is 4.85 Å². The lowest BCUT2D eigenvalue weighted by Gasteiger charge is -2.13. The molecule has 0 bridgehead atoms. The maximum absolute atomic E-state index is 8.53. The number of aromatic nitrogens is 2. The summed E-state index contributed by atoms with van der Waals surface area (Å²) in [5.74, 6) is 1.08. The second-order valence-electron chi connectivity index (χ2n) is 7.31. The summed E-state index contributed by atoms with van der Waals surface area (Å²) in [5.41, 5.74) is 3.16. The van der Waals surface area contributed by atoms with Crippen molar-refractivity contribution in [2.45, 2.75) is 52.1 Å². The fraction of sp³-hybridized carbons (Fsp3) is 0.375. The SMILES string of the molecule is [2H]C([2H])(C)CN[C@@H]1c2cccc(-c3noc(-c4ccc(OC(C)C)c([N+]#[C-])c4)n3)c2CC1([2H])[2H]. The summed E-state index contributed by atoms with van der Waals surface area (Å²) < 4.78 is 43.8. The molecular weight excluding hydrogens is 376 g/mol. The normalized spacial score (nSPS) is 19.4. The Morgan fingerprint density at radius 3 is 3.03 bits per heavy atom. The number of fused-ring (bicyclic) bond motifs is 1. The molecular formula is C24H26N4O2. The van der Waals surface area contributed by atoms with E-state index in [2.05, 4.69) is 20.3 Å². The molecule has 154 valence electrons. The molecule has 4 rings (SSSR count). The molecule has 0 saturated heterocycles. The van der Waals surface area contributed by atoms with E-state index < -0.39 is 18.8 Å². The van der Waals surface area contributed by atoms with Gasteiger partial charge in [-0.1, -0.05) is 30.3 Å². The molecule has 0 aliphatic heterocycles. The standard InChI is InChI=1S/C24H26N4O2/c1-5-13-26-20-11-10-17-18(20)7-6-8-19(17)23-27-24(30-28-23)16-9-12-22(29-15(2)3)21(14-16)25-4/h6-9,12,14-15,20,26H,5,10-11,13H2,1-3H3/t20-/m0/s1/i5D2,11D2. The van der Waals surface area contributed by atoms with Crippen molar-refractivity contribution in [2.24, 2.45) is 0 Å². The van der Waals surface area contributed by atoms with E-state index in [1.54, 1.807) is 18.2 Å². The highest BCUT2D eigenvalue weighted by Gasteiger charge is 2.26. The van der Waals surface area contributed by atoms with E-state index in [9.17, 15) is 0 Å². The van der Waals surface area contributed by atoms with Crippen LogP contribution in [0.15, 0.2) is 40.9 Å². The van der Waals surface area contributed by atoms with Crippen LogP contribution in [-0.2, 0) is 6.42 Å². The zero-order chi connectivity index (χ0) is 24.7. The van der Waals surface area contributed by atoms with Crippen molar-refractivity contribution in [3.8, 4) is 28.6 Å². The topological polar surface area (TPSA) is 64.5 Å². The molecule has 0 saturated carbocycles. The largest absolute Gasteiger partial charge is 0.502 e. The number of hydrogen-bond donors (Lipinski definition) is 1. The number of ether oxygens (including phenoxy) is 1. The van der Waals surface area contributed by atoms with Crippen molar-refractivity contribution in [1.82, 2.24) is 15.5 Å². The van der Waals surface area contributed by atoms with Crippen molar-refractivity contribution in [3.05, 3.63) is 58.9 Å². The Labute approximate surface area is 182 Å². The lowest BCUT2D eigenvalue weighted by atomic mass is 10.0. The molecule has 6 nitrogen and oxygen atoms in total. The number of rotatable bonds is 7. The van der Waals surface area contributed by atoms with Crippen LogP contribution in [0.25, 0.3) is 27.7 Å². The predicted octanol–water partition coefficient (Wildman–Crippen LogP) is 5.73. The summed E-state index contributed by atoms with van der Waals surface area (Å²) in [5, 5.41) is 7.18. The van der Waals surface area contributed by atoms with Crippen molar-refractivity contribution in [3.63, 3.8) is 0 Å². The second-order valence-corrected chi connectivity index (χ2v) is 7.31. The number of nitrogens with zero attached hydrogens (tertiary/aromatic N) is 3. The van der Waals surface area contributed by atoms with Crippen LogP contribution in [0.3, 0.4) is 0 Å². The average Bonchev–Trinajstić information content (AvgIpc) is 3.33. The molecule has 1 aromatic heterocycles. The Morgan fingerprint density at radius 1 is 1.40 bits per heavy atom. The maximum Gasteiger partial charge on any atom is 0.256 e. The quantitative estimate of drug-likeness (QED) is 0.508. The van der Waals surface area contributed by atoms with Gasteiger partial charge in [0, 0.05) is 22.7 Å². The molecule has 1 atom stereocenters. The Morgan fingerprint density at radius 2 is 2.27 bits per heavy atom. The maximum atomic E-state index is 8.53. The van der Waals surface area contributed by atoms with E-state index in [1.807, 2.05) is 32.0 Å². The van der Waals surface area contributed by atoms with Crippen LogP contribution in [0.4, 0.5) is 5.69 Å². The molecule has 3 aromatic rings. The minimum absolute atomic E-state index is 0.0348. The molecule has 6 heteroatoms. The molecule has 0 unspecified atom stereocenters. The van der Waals surface area contributed by atoms with Gasteiger partial charge >= 0.3 is 0 Å². The monoisotopic (exact) mass is 406 g/mol. The van der Waals surface area contributed by atoms with Gasteiger partial charge in [0.2, 0.25) is 11.5 Å². The van der Waals surface area contributed by atoms with Gasteiger partial charge in [-0.15, -0.1) is 0 Å². The number of benzene rings is 2.